The Bertz CT molecular complexity index is 1050. The molecule has 0 fully saturated rings. The summed E-state index contributed by atoms with van der Waals surface area (Å²) in [5.74, 6) is 0.539. The Morgan fingerprint density at radius 1 is 0.897 bits per heavy atom. The van der Waals surface area contributed by atoms with Crippen LogP contribution in [-0.4, -0.2) is 19.9 Å². The molecule has 0 radical (unpaired) electrons. The van der Waals surface area contributed by atoms with Crippen LogP contribution in [0, 0.1) is 11.6 Å². The second kappa shape index (κ2) is 7.91. The van der Waals surface area contributed by atoms with E-state index < -0.39 is 0 Å². The van der Waals surface area contributed by atoms with Crippen LogP contribution in [0.1, 0.15) is 23.6 Å². The van der Waals surface area contributed by atoms with Gasteiger partial charge in [0, 0.05) is 6.42 Å². The summed E-state index contributed by atoms with van der Waals surface area (Å²) in [7, 11) is 3.15. The van der Waals surface area contributed by atoms with Gasteiger partial charge >= 0.3 is 0 Å². The Kier molecular flexibility index (Phi) is 5.16. The average molecular weight is 394 g/mol. The predicted octanol–water partition coefficient (Wildman–Crippen LogP) is 5.34. The van der Waals surface area contributed by atoms with Crippen molar-refractivity contribution in [2.45, 2.75) is 12.5 Å². The molecule has 6 heteroatoms. The molecule has 0 aromatic heterocycles. The molecule has 0 saturated carbocycles. The average Bonchev–Trinajstić information content (AvgIpc) is 3.19. The van der Waals surface area contributed by atoms with E-state index in [0.29, 0.717) is 23.6 Å². The molecule has 1 heterocycles. The number of hydrogen-bond donors (Lipinski definition) is 0. The van der Waals surface area contributed by atoms with Gasteiger partial charge in [0.25, 0.3) is 0 Å². The van der Waals surface area contributed by atoms with Crippen molar-refractivity contribution in [1.82, 2.24) is 0 Å². The minimum absolute atomic E-state index is 0.244. The molecule has 4 nitrogen and oxygen atoms in total. The van der Waals surface area contributed by atoms with Crippen molar-refractivity contribution in [3.8, 4) is 11.5 Å². The summed E-state index contributed by atoms with van der Waals surface area (Å²) in [5, 5.41) is 6.37. The van der Waals surface area contributed by atoms with Gasteiger partial charge in [-0.1, -0.05) is 30.3 Å². The summed E-state index contributed by atoms with van der Waals surface area (Å²) in [6.45, 7) is 0. The smallest absolute Gasteiger partial charge is 0.161 e. The molecule has 0 unspecified atom stereocenters. The molecule has 148 valence electrons. The molecular weight excluding hydrogens is 374 g/mol. The third-order valence-corrected chi connectivity index (χ3v) is 4.98. The lowest BCUT2D eigenvalue weighted by Gasteiger charge is -2.25. The summed E-state index contributed by atoms with van der Waals surface area (Å²) in [6, 6.07) is 18.1. The number of anilines is 1. The van der Waals surface area contributed by atoms with Crippen molar-refractivity contribution in [2.75, 3.05) is 19.2 Å². The third-order valence-electron chi connectivity index (χ3n) is 4.98. The van der Waals surface area contributed by atoms with Gasteiger partial charge in [-0.25, -0.2) is 8.78 Å². The minimum Gasteiger partial charge on any atom is -0.493 e. The van der Waals surface area contributed by atoms with Crippen molar-refractivity contribution in [2.24, 2.45) is 5.10 Å². The highest BCUT2D eigenvalue weighted by molar-refractivity contribution is 6.03. The molecule has 3 aromatic carbocycles. The molecule has 3 aromatic rings. The van der Waals surface area contributed by atoms with Crippen LogP contribution in [0.5, 0.6) is 11.5 Å². The van der Waals surface area contributed by atoms with Gasteiger partial charge in [0.1, 0.15) is 11.6 Å². The lowest BCUT2D eigenvalue weighted by molar-refractivity contribution is 0.354. The Labute approximate surface area is 168 Å². The van der Waals surface area contributed by atoms with Gasteiger partial charge in [0.15, 0.2) is 11.5 Å². The first-order valence-corrected chi connectivity index (χ1v) is 9.20. The molecule has 0 saturated heterocycles. The van der Waals surface area contributed by atoms with Crippen molar-refractivity contribution in [3.05, 3.63) is 89.5 Å². The van der Waals surface area contributed by atoms with Crippen LogP contribution >= 0.6 is 0 Å². The quantitative estimate of drug-likeness (QED) is 0.586. The summed E-state index contributed by atoms with van der Waals surface area (Å²) < 4.78 is 38.7. The maximum absolute atomic E-state index is 14.6. The van der Waals surface area contributed by atoms with Gasteiger partial charge in [-0.3, -0.25) is 5.01 Å². The van der Waals surface area contributed by atoms with Crippen molar-refractivity contribution < 1.29 is 18.3 Å². The maximum atomic E-state index is 14.6. The van der Waals surface area contributed by atoms with Crippen LogP contribution in [-0.2, 0) is 0 Å². The molecule has 0 bridgehead atoms. The normalized spacial score (nSPS) is 15.9. The minimum atomic E-state index is -0.359. The second-order valence-electron chi connectivity index (χ2n) is 6.68. The number of halogens is 2. The lowest BCUT2D eigenvalue weighted by atomic mass is 9.97. The molecule has 0 amide bonds. The van der Waals surface area contributed by atoms with Gasteiger partial charge in [0.2, 0.25) is 0 Å². The molecule has 1 atom stereocenters. The van der Waals surface area contributed by atoms with Gasteiger partial charge in [-0.15, -0.1) is 0 Å². The standard InChI is InChI=1S/C23H20F2N2O2/c1-28-22-12-9-16(13-23(22)29-2)21-14-19(15-7-10-17(24)11-8-15)26-27(21)20-6-4-3-5-18(20)25/h3-13,21H,14H2,1-2H3/t21-/m0/s1. The first kappa shape index (κ1) is 18.9. The molecule has 1 aliphatic rings. The van der Waals surface area contributed by atoms with E-state index in [4.69, 9.17) is 14.6 Å². The molecule has 0 spiro atoms. The number of para-hydroxylation sites is 1. The summed E-state index contributed by atoms with van der Waals surface area (Å²) in [6.07, 6.45) is 0.537. The zero-order chi connectivity index (χ0) is 20.4. The molecule has 0 aliphatic carbocycles. The summed E-state index contributed by atoms with van der Waals surface area (Å²) in [5.41, 5.74) is 2.85. The van der Waals surface area contributed by atoms with Gasteiger partial charge in [-0.2, -0.15) is 5.10 Å². The van der Waals surface area contributed by atoms with E-state index in [1.54, 1.807) is 49.6 Å². The van der Waals surface area contributed by atoms with E-state index in [1.807, 2.05) is 18.2 Å². The molecule has 0 N–H and O–H groups in total. The topological polar surface area (TPSA) is 34.1 Å². The van der Waals surface area contributed by atoms with Gasteiger partial charge in [0.05, 0.1) is 31.7 Å². The highest BCUT2D eigenvalue weighted by Crippen LogP contribution is 2.40. The van der Waals surface area contributed by atoms with Gasteiger partial charge in [-0.05, 0) is 47.5 Å². The van der Waals surface area contributed by atoms with E-state index >= 15 is 0 Å². The Balaban J connectivity index is 1.78. The van der Waals surface area contributed by atoms with Crippen LogP contribution in [0.3, 0.4) is 0 Å². The Morgan fingerprint density at radius 3 is 2.31 bits per heavy atom. The Morgan fingerprint density at radius 2 is 1.62 bits per heavy atom. The fourth-order valence-corrected chi connectivity index (χ4v) is 3.51. The SMILES string of the molecule is COc1ccc([C@@H]2CC(c3ccc(F)cc3)=NN2c2ccccc2F)cc1OC. The number of hydrogen-bond acceptors (Lipinski definition) is 4. The predicted molar refractivity (Wildman–Crippen MR) is 109 cm³/mol. The van der Waals surface area contributed by atoms with E-state index in [0.717, 1.165) is 16.8 Å². The number of hydrazone groups is 1. The fraction of sp³-hybridized carbons (Fsp3) is 0.174. The summed E-state index contributed by atoms with van der Waals surface area (Å²) in [4.78, 5) is 0. The number of nitrogens with zero attached hydrogens (tertiary/aromatic N) is 2. The monoisotopic (exact) mass is 394 g/mol. The van der Waals surface area contributed by atoms with Crippen LogP contribution in [0.25, 0.3) is 0 Å². The fourth-order valence-electron chi connectivity index (χ4n) is 3.51. The first-order valence-electron chi connectivity index (χ1n) is 9.20. The largest absolute Gasteiger partial charge is 0.493 e. The van der Waals surface area contributed by atoms with Gasteiger partial charge < -0.3 is 9.47 Å². The van der Waals surface area contributed by atoms with E-state index in [9.17, 15) is 8.78 Å². The second-order valence-corrected chi connectivity index (χ2v) is 6.68. The highest BCUT2D eigenvalue weighted by Gasteiger charge is 2.32. The number of benzene rings is 3. The first-order chi connectivity index (χ1) is 14.1. The van der Waals surface area contributed by atoms with E-state index in [-0.39, 0.29) is 17.7 Å². The van der Waals surface area contributed by atoms with Crippen molar-refractivity contribution >= 4 is 11.4 Å². The molecular formula is C23H20F2N2O2. The van der Waals surface area contributed by atoms with Crippen LogP contribution < -0.4 is 14.5 Å². The Hall–Kier alpha value is -3.41. The highest BCUT2D eigenvalue weighted by atomic mass is 19.1. The lowest BCUT2D eigenvalue weighted by Crippen LogP contribution is -2.19. The molecule has 29 heavy (non-hydrogen) atoms. The number of methoxy groups -OCH3 is 2. The van der Waals surface area contributed by atoms with Crippen LogP contribution in [0.4, 0.5) is 14.5 Å². The molecule has 4 rings (SSSR count). The summed E-state index contributed by atoms with van der Waals surface area (Å²) >= 11 is 0. The third kappa shape index (κ3) is 3.66. The van der Waals surface area contributed by atoms with Crippen molar-refractivity contribution in [1.29, 1.82) is 0 Å². The van der Waals surface area contributed by atoms with E-state index in [2.05, 4.69) is 0 Å². The van der Waals surface area contributed by atoms with Crippen LogP contribution in [0.2, 0.25) is 0 Å². The molecule has 1 aliphatic heterocycles. The number of ether oxygens (including phenoxy) is 2. The zero-order valence-corrected chi connectivity index (χ0v) is 16.1. The number of rotatable bonds is 5. The van der Waals surface area contributed by atoms with Crippen LogP contribution in [0.15, 0.2) is 71.8 Å². The maximum Gasteiger partial charge on any atom is 0.161 e. The van der Waals surface area contributed by atoms with E-state index in [1.165, 1.54) is 18.2 Å². The van der Waals surface area contributed by atoms with Crippen molar-refractivity contribution in [3.63, 3.8) is 0 Å². The zero-order valence-electron chi connectivity index (χ0n) is 16.1.